The average Bonchev–Trinajstić information content (AvgIpc) is 2.77. The van der Waals surface area contributed by atoms with Gasteiger partial charge in [0.25, 0.3) is 0 Å². The zero-order valence-corrected chi connectivity index (χ0v) is 19.9. The number of halogens is 1. The summed E-state index contributed by atoms with van der Waals surface area (Å²) in [4.78, 5) is 7.08. The standard InChI is InChI=1S/C28H29ClN2O/c1-5-15-31-27-17-26(29)21(16-25(27)20(2)18-28(31,3)4)19-30-22-11-13-24(14-12-22)32-23-9-7-6-8-10-23/h6-14,16-19H,5,15H2,1-4H3. The fraction of sp³-hybridized carbons (Fsp3) is 0.250. The molecule has 1 heterocycles. The fourth-order valence-corrected chi connectivity index (χ4v) is 4.42. The molecule has 3 aromatic rings. The Morgan fingerprint density at radius 2 is 1.69 bits per heavy atom. The monoisotopic (exact) mass is 444 g/mol. The van der Waals surface area contributed by atoms with E-state index >= 15 is 0 Å². The molecule has 3 nitrogen and oxygen atoms in total. The molecule has 0 unspecified atom stereocenters. The van der Waals surface area contributed by atoms with Crippen molar-refractivity contribution in [2.45, 2.75) is 39.7 Å². The first-order valence-electron chi connectivity index (χ1n) is 11.1. The van der Waals surface area contributed by atoms with E-state index < -0.39 is 0 Å². The highest BCUT2D eigenvalue weighted by atomic mass is 35.5. The molecule has 32 heavy (non-hydrogen) atoms. The molecular formula is C28H29ClN2O. The minimum atomic E-state index is -0.0321. The normalized spacial score (nSPS) is 14.9. The molecule has 0 amide bonds. The Labute approximate surface area is 196 Å². The van der Waals surface area contributed by atoms with Crippen molar-refractivity contribution in [1.29, 1.82) is 0 Å². The molecule has 1 aliphatic heterocycles. The number of anilines is 1. The second-order valence-electron chi connectivity index (χ2n) is 8.69. The number of allylic oxidation sites excluding steroid dienone is 1. The van der Waals surface area contributed by atoms with Crippen LogP contribution in [0.4, 0.5) is 11.4 Å². The van der Waals surface area contributed by atoms with Gasteiger partial charge in [-0.05, 0) is 81.3 Å². The van der Waals surface area contributed by atoms with Gasteiger partial charge in [-0.2, -0.15) is 0 Å². The Kier molecular flexibility index (Phi) is 6.38. The van der Waals surface area contributed by atoms with Gasteiger partial charge in [0, 0.05) is 29.6 Å². The Bertz CT molecular complexity index is 1150. The van der Waals surface area contributed by atoms with Crippen LogP contribution in [0.2, 0.25) is 5.02 Å². The van der Waals surface area contributed by atoms with E-state index in [2.05, 4.69) is 55.8 Å². The van der Waals surface area contributed by atoms with Crippen molar-refractivity contribution in [3.63, 3.8) is 0 Å². The number of nitrogens with zero attached hydrogens (tertiary/aromatic N) is 2. The van der Waals surface area contributed by atoms with E-state index in [1.54, 1.807) is 0 Å². The predicted octanol–water partition coefficient (Wildman–Crippen LogP) is 8.29. The number of para-hydroxylation sites is 1. The van der Waals surface area contributed by atoms with Crippen LogP contribution in [0, 0.1) is 0 Å². The highest BCUT2D eigenvalue weighted by Crippen LogP contribution is 2.41. The highest BCUT2D eigenvalue weighted by Gasteiger charge is 2.31. The highest BCUT2D eigenvalue weighted by molar-refractivity contribution is 6.33. The SMILES string of the molecule is CCCN1c2cc(Cl)c(C=Nc3ccc(Oc4ccccc4)cc3)cc2C(C)=CC1(C)C. The Balaban J connectivity index is 1.57. The maximum Gasteiger partial charge on any atom is 0.127 e. The summed E-state index contributed by atoms with van der Waals surface area (Å²) < 4.78 is 5.85. The minimum Gasteiger partial charge on any atom is -0.457 e. The molecule has 164 valence electrons. The van der Waals surface area contributed by atoms with Gasteiger partial charge in [-0.3, -0.25) is 4.99 Å². The number of fused-ring (bicyclic) bond motifs is 1. The molecule has 0 bridgehead atoms. The van der Waals surface area contributed by atoms with Crippen LogP contribution < -0.4 is 9.64 Å². The first-order valence-corrected chi connectivity index (χ1v) is 11.4. The van der Waals surface area contributed by atoms with Gasteiger partial charge in [-0.15, -0.1) is 0 Å². The molecule has 0 spiro atoms. The van der Waals surface area contributed by atoms with Gasteiger partial charge in [0.15, 0.2) is 0 Å². The van der Waals surface area contributed by atoms with Gasteiger partial charge in [-0.25, -0.2) is 0 Å². The molecule has 0 aliphatic carbocycles. The number of benzene rings is 3. The summed E-state index contributed by atoms with van der Waals surface area (Å²) in [6.45, 7) is 9.88. The van der Waals surface area contributed by atoms with Gasteiger partial charge >= 0.3 is 0 Å². The molecule has 4 rings (SSSR count). The lowest BCUT2D eigenvalue weighted by Gasteiger charge is -2.43. The average molecular weight is 445 g/mol. The van der Waals surface area contributed by atoms with Crippen molar-refractivity contribution in [1.82, 2.24) is 0 Å². The van der Waals surface area contributed by atoms with Crippen LogP contribution in [-0.4, -0.2) is 18.3 Å². The Morgan fingerprint density at radius 1 is 1.00 bits per heavy atom. The van der Waals surface area contributed by atoms with Crippen molar-refractivity contribution in [2.75, 3.05) is 11.4 Å². The largest absolute Gasteiger partial charge is 0.457 e. The van der Waals surface area contributed by atoms with E-state index in [-0.39, 0.29) is 5.54 Å². The lowest BCUT2D eigenvalue weighted by molar-refractivity contribution is 0.483. The molecule has 0 N–H and O–H groups in total. The molecule has 0 saturated carbocycles. The Hall–Kier alpha value is -3.04. The third-order valence-electron chi connectivity index (χ3n) is 5.71. The molecule has 0 saturated heterocycles. The van der Waals surface area contributed by atoms with Gasteiger partial charge in [0.2, 0.25) is 0 Å². The summed E-state index contributed by atoms with van der Waals surface area (Å²) >= 11 is 6.69. The summed E-state index contributed by atoms with van der Waals surface area (Å²) in [6, 6.07) is 21.7. The molecular weight excluding hydrogens is 416 g/mol. The van der Waals surface area contributed by atoms with Crippen molar-refractivity contribution < 1.29 is 4.74 Å². The van der Waals surface area contributed by atoms with Gasteiger partial charge in [-0.1, -0.05) is 42.8 Å². The van der Waals surface area contributed by atoms with Crippen LogP contribution in [0.15, 0.2) is 77.8 Å². The second kappa shape index (κ2) is 9.22. The van der Waals surface area contributed by atoms with E-state index in [0.717, 1.165) is 35.7 Å². The molecule has 0 atom stereocenters. The van der Waals surface area contributed by atoms with Crippen LogP contribution in [0.1, 0.15) is 45.2 Å². The van der Waals surface area contributed by atoms with Crippen LogP contribution in [0.5, 0.6) is 11.5 Å². The van der Waals surface area contributed by atoms with Crippen LogP contribution in [0.3, 0.4) is 0 Å². The summed E-state index contributed by atoms with van der Waals surface area (Å²) in [6.07, 6.45) is 5.26. The van der Waals surface area contributed by atoms with Crippen molar-refractivity contribution in [3.8, 4) is 11.5 Å². The number of ether oxygens (including phenoxy) is 1. The number of aliphatic imine (C=N–C) groups is 1. The van der Waals surface area contributed by atoms with Gasteiger partial charge < -0.3 is 9.64 Å². The van der Waals surface area contributed by atoms with Gasteiger partial charge in [0.05, 0.1) is 16.2 Å². The van der Waals surface area contributed by atoms with E-state index in [9.17, 15) is 0 Å². The predicted molar refractivity (Wildman–Crippen MR) is 137 cm³/mol. The quantitative estimate of drug-likeness (QED) is 0.357. The second-order valence-corrected chi connectivity index (χ2v) is 9.10. The summed E-state index contributed by atoms with van der Waals surface area (Å²) in [5.41, 5.74) is 5.41. The topological polar surface area (TPSA) is 24.8 Å². The molecule has 0 aromatic heterocycles. The van der Waals surface area contributed by atoms with Gasteiger partial charge in [0.1, 0.15) is 11.5 Å². The maximum absolute atomic E-state index is 6.69. The van der Waals surface area contributed by atoms with E-state index in [1.807, 2.05) is 60.8 Å². The fourth-order valence-electron chi connectivity index (χ4n) is 4.21. The van der Waals surface area contributed by atoms with Crippen molar-refractivity contribution >= 4 is 34.8 Å². The Morgan fingerprint density at radius 3 is 2.38 bits per heavy atom. The molecule has 3 aromatic carbocycles. The van der Waals surface area contributed by atoms with Crippen LogP contribution in [-0.2, 0) is 0 Å². The van der Waals surface area contributed by atoms with Crippen molar-refractivity contribution in [3.05, 3.63) is 89.0 Å². The number of hydrogen-bond acceptors (Lipinski definition) is 3. The summed E-state index contributed by atoms with van der Waals surface area (Å²) in [5.74, 6) is 1.59. The summed E-state index contributed by atoms with van der Waals surface area (Å²) in [5, 5.41) is 0.711. The van der Waals surface area contributed by atoms with E-state index in [0.29, 0.717) is 5.02 Å². The molecule has 1 aliphatic rings. The molecule has 0 fully saturated rings. The lowest BCUT2D eigenvalue weighted by atomic mass is 9.88. The number of hydrogen-bond donors (Lipinski definition) is 0. The summed E-state index contributed by atoms with van der Waals surface area (Å²) in [7, 11) is 0. The van der Waals surface area contributed by atoms with E-state index in [1.165, 1.54) is 16.8 Å². The zero-order chi connectivity index (χ0) is 22.7. The molecule has 0 radical (unpaired) electrons. The third-order valence-corrected chi connectivity index (χ3v) is 6.04. The third kappa shape index (κ3) is 4.73. The van der Waals surface area contributed by atoms with E-state index in [4.69, 9.17) is 16.3 Å². The lowest BCUT2D eigenvalue weighted by Crippen LogP contribution is -2.45. The smallest absolute Gasteiger partial charge is 0.127 e. The van der Waals surface area contributed by atoms with Crippen LogP contribution in [0.25, 0.3) is 5.57 Å². The maximum atomic E-state index is 6.69. The first kappa shape index (κ1) is 22.2. The zero-order valence-electron chi connectivity index (χ0n) is 19.1. The first-order chi connectivity index (χ1) is 15.4. The van der Waals surface area contributed by atoms with Crippen LogP contribution >= 0.6 is 11.6 Å². The number of rotatable bonds is 6. The molecule has 4 heteroatoms. The minimum absolute atomic E-state index is 0.0321. The van der Waals surface area contributed by atoms with Crippen molar-refractivity contribution in [2.24, 2.45) is 4.99 Å².